The molecule has 1 aliphatic carbocycles. The average molecular weight is 264 g/mol. The van der Waals surface area contributed by atoms with Gasteiger partial charge in [0.05, 0.1) is 20.3 Å². The zero-order valence-corrected chi connectivity index (χ0v) is 11.6. The van der Waals surface area contributed by atoms with E-state index in [2.05, 4.69) is 0 Å². The summed E-state index contributed by atoms with van der Waals surface area (Å²) < 4.78 is 28.2. The van der Waals surface area contributed by atoms with Gasteiger partial charge in [-0.3, -0.25) is 9.36 Å². The molecule has 0 N–H and O–H groups in total. The third-order valence-corrected chi connectivity index (χ3v) is 5.99. The maximum Gasteiger partial charge on any atom is 0.347 e. The first-order valence-electron chi connectivity index (χ1n) is 6.04. The maximum absolute atomic E-state index is 12.8. The lowest BCUT2D eigenvalue weighted by atomic mass is 10.1. The molecule has 0 amide bonds. The third-order valence-electron chi connectivity index (χ3n) is 3.12. The third kappa shape index (κ3) is 2.56. The lowest BCUT2D eigenvalue weighted by molar-refractivity contribution is -0.144. The fourth-order valence-electron chi connectivity index (χ4n) is 2.36. The van der Waals surface area contributed by atoms with E-state index in [1.54, 1.807) is 13.8 Å². The SMILES string of the molecule is CCOP(=O)(OCC)C1(C(=O)OC)CCCC1. The first-order chi connectivity index (χ1) is 8.06. The van der Waals surface area contributed by atoms with Crippen LogP contribution in [-0.2, 0) is 23.1 Å². The fraction of sp³-hybridized carbons (Fsp3) is 0.909. The number of hydrogen-bond donors (Lipinski definition) is 0. The zero-order chi connectivity index (χ0) is 12.9. The van der Waals surface area contributed by atoms with E-state index in [0.717, 1.165) is 12.8 Å². The Morgan fingerprint density at radius 3 is 2.00 bits per heavy atom. The van der Waals surface area contributed by atoms with Crippen LogP contribution in [0.4, 0.5) is 0 Å². The summed E-state index contributed by atoms with van der Waals surface area (Å²) in [5, 5.41) is -1.09. The van der Waals surface area contributed by atoms with Crippen molar-refractivity contribution in [3.05, 3.63) is 0 Å². The second-order valence-corrected chi connectivity index (χ2v) is 6.43. The minimum Gasteiger partial charge on any atom is -0.468 e. The van der Waals surface area contributed by atoms with Crippen molar-refractivity contribution in [1.29, 1.82) is 0 Å². The van der Waals surface area contributed by atoms with E-state index in [4.69, 9.17) is 13.8 Å². The van der Waals surface area contributed by atoms with Gasteiger partial charge < -0.3 is 13.8 Å². The van der Waals surface area contributed by atoms with E-state index in [0.29, 0.717) is 12.8 Å². The number of hydrogen-bond acceptors (Lipinski definition) is 5. The quantitative estimate of drug-likeness (QED) is 0.545. The lowest BCUT2D eigenvalue weighted by Crippen LogP contribution is -2.38. The number of carbonyl (C=O) groups is 1. The Hall–Kier alpha value is -0.380. The highest BCUT2D eigenvalue weighted by molar-refractivity contribution is 7.56. The van der Waals surface area contributed by atoms with Crippen LogP contribution in [-0.4, -0.2) is 31.4 Å². The van der Waals surface area contributed by atoms with Gasteiger partial charge in [0.2, 0.25) is 0 Å². The molecule has 0 unspecified atom stereocenters. The smallest absolute Gasteiger partial charge is 0.347 e. The van der Waals surface area contributed by atoms with Crippen LogP contribution in [0.2, 0.25) is 0 Å². The number of methoxy groups -OCH3 is 1. The molecule has 0 aromatic carbocycles. The summed E-state index contributed by atoms with van der Waals surface area (Å²) in [6.07, 6.45) is 2.71. The molecule has 0 heterocycles. The van der Waals surface area contributed by atoms with Crippen molar-refractivity contribution in [1.82, 2.24) is 0 Å². The summed E-state index contributed by atoms with van der Waals surface area (Å²) in [6, 6.07) is 0. The normalized spacial score (nSPS) is 19.2. The van der Waals surface area contributed by atoms with Crippen LogP contribution in [0.25, 0.3) is 0 Å². The minimum absolute atomic E-state index is 0.260. The van der Waals surface area contributed by atoms with Gasteiger partial charge in [-0.15, -0.1) is 0 Å². The molecule has 0 atom stereocenters. The van der Waals surface area contributed by atoms with E-state index in [1.165, 1.54) is 7.11 Å². The first kappa shape index (κ1) is 14.7. The van der Waals surface area contributed by atoms with E-state index in [-0.39, 0.29) is 13.2 Å². The van der Waals surface area contributed by atoms with Crippen LogP contribution in [0.3, 0.4) is 0 Å². The standard InChI is InChI=1S/C11H21O5P/c1-4-15-17(13,16-5-2)11(10(12)14-3)8-6-7-9-11/h4-9H2,1-3H3. The molecule has 1 rings (SSSR count). The van der Waals surface area contributed by atoms with E-state index in [9.17, 15) is 9.36 Å². The predicted octanol–water partition coefficient (Wildman–Crippen LogP) is 2.74. The second kappa shape index (κ2) is 5.98. The molecule has 0 aromatic heterocycles. The molecule has 0 aliphatic heterocycles. The Kier molecular flexibility index (Phi) is 5.17. The summed E-state index contributed by atoms with van der Waals surface area (Å²) in [6.45, 7) is 4.00. The van der Waals surface area contributed by atoms with Gasteiger partial charge in [0.25, 0.3) is 0 Å². The van der Waals surface area contributed by atoms with Crippen molar-refractivity contribution in [3.63, 3.8) is 0 Å². The average Bonchev–Trinajstić information content (AvgIpc) is 2.79. The molecular weight excluding hydrogens is 243 g/mol. The van der Waals surface area contributed by atoms with Gasteiger partial charge in [-0.05, 0) is 26.7 Å². The van der Waals surface area contributed by atoms with Crippen LogP contribution >= 0.6 is 7.60 Å². The van der Waals surface area contributed by atoms with Gasteiger partial charge >= 0.3 is 13.6 Å². The van der Waals surface area contributed by atoms with Crippen LogP contribution < -0.4 is 0 Å². The van der Waals surface area contributed by atoms with E-state index in [1.807, 2.05) is 0 Å². The summed E-state index contributed by atoms with van der Waals surface area (Å²) >= 11 is 0. The lowest BCUT2D eigenvalue weighted by Gasteiger charge is -2.32. The number of carbonyl (C=O) groups excluding carboxylic acids is 1. The Labute approximate surface area is 102 Å². The minimum atomic E-state index is -3.45. The molecule has 1 fully saturated rings. The van der Waals surface area contributed by atoms with Crippen LogP contribution in [0.5, 0.6) is 0 Å². The van der Waals surface area contributed by atoms with Crippen molar-refractivity contribution in [3.8, 4) is 0 Å². The van der Waals surface area contributed by atoms with Gasteiger partial charge in [-0.1, -0.05) is 12.8 Å². The number of rotatable bonds is 6. The largest absolute Gasteiger partial charge is 0.468 e. The number of ether oxygens (including phenoxy) is 1. The van der Waals surface area contributed by atoms with Crippen molar-refractivity contribution in [2.75, 3.05) is 20.3 Å². The Balaban J connectivity index is 3.09. The molecule has 17 heavy (non-hydrogen) atoms. The van der Waals surface area contributed by atoms with Gasteiger partial charge in [-0.25, -0.2) is 0 Å². The van der Waals surface area contributed by atoms with E-state index >= 15 is 0 Å². The Morgan fingerprint density at radius 2 is 1.65 bits per heavy atom. The van der Waals surface area contributed by atoms with E-state index < -0.39 is 18.7 Å². The first-order valence-corrected chi connectivity index (χ1v) is 7.58. The summed E-state index contributed by atoms with van der Waals surface area (Å²) in [7, 11) is -2.14. The molecule has 5 nitrogen and oxygen atoms in total. The summed E-state index contributed by atoms with van der Waals surface area (Å²) in [5.74, 6) is -0.472. The van der Waals surface area contributed by atoms with Gasteiger partial charge in [0, 0.05) is 0 Å². The highest BCUT2D eigenvalue weighted by Crippen LogP contribution is 2.66. The zero-order valence-electron chi connectivity index (χ0n) is 10.7. The second-order valence-electron chi connectivity index (χ2n) is 4.06. The molecule has 1 saturated carbocycles. The molecule has 0 bridgehead atoms. The molecule has 0 saturated heterocycles. The topological polar surface area (TPSA) is 61.8 Å². The summed E-state index contributed by atoms with van der Waals surface area (Å²) in [5.41, 5.74) is 0. The molecule has 0 radical (unpaired) electrons. The molecule has 1 aliphatic rings. The molecular formula is C11H21O5P. The van der Waals surface area contributed by atoms with Crippen molar-refractivity contribution in [2.45, 2.75) is 44.7 Å². The monoisotopic (exact) mass is 264 g/mol. The highest BCUT2D eigenvalue weighted by atomic mass is 31.2. The fourth-order valence-corrected chi connectivity index (χ4v) is 4.79. The van der Waals surface area contributed by atoms with Crippen molar-refractivity contribution >= 4 is 13.6 Å². The molecule has 6 heteroatoms. The maximum atomic E-state index is 12.8. The van der Waals surface area contributed by atoms with Crippen LogP contribution in [0, 0.1) is 0 Å². The van der Waals surface area contributed by atoms with Crippen molar-refractivity contribution < 1.29 is 23.1 Å². The highest BCUT2D eigenvalue weighted by Gasteiger charge is 2.59. The summed E-state index contributed by atoms with van der Waals surface area (Å²) in [4.78, 5) is 12.0. The van der Waals surface area contributed by atoms with Crippen molar-refractivity contribution in [2.24, 2.45) is 0 Å². The Bertz CT molecular complexity index is 299. The van der Waals surface area contributed by atoms with Gasteiger partial charge in [-0.2, -0.15) is 0 Å². The Morgan fingerprint density at radius 1 is 1.18 bits per heavy atom. The van der Waals surface area contributed by atoms with Crippen LogP contribution in [0.15, 0.2) is 0 Å². The molecule has 0 aromatic rings. The van der Waals surface area contributed by atoms with Crippen LogP contribution in [0.1, 0.15) is 39.5 Å². The predicted molar refractivity (Wildman–Crippen MR) is 64.1 cm³/mol. The van der Waals surface area contributed by atoms with Gasteiger partial charge in [0.15, 0.2) is 5.16 Å². The van der Waals surface area contributed by atoms with Gasteiger partial charge in [0.1, 0.15) is 0 Å². The molecule has 0 spiro atoms. The number of esters is 1. The molecule has 100 valence electrons.